The monoisotopic (exact) mass is 168 g/mol. The molecule has 0 heterocycles. The number of allylic oxidation sites excluding steroid dienone is 2. The Morgan fingerprint density at radius 3 is 2.54 bits per heavy atom. The van der Waals surface area contributed by atoms with Gasteiger partial charge in [0.15, 0.2) is 0 Å². The van der Waals surface area contributed by atoms with Gasteiger partial charge in [0, 0.05) is 0 Å². The van der Waals surface area contributed by atoms with Crippen molar-refractivity contribution in [1.82, 2.24) is 0 Å². The second-order valence-corrected chi connectivity index (χ2v) is 3.66. The molecule has 2 radical (unpaired) electrons. The minimum absolute atomic E-state index is 0.688. The van der Waals surface area contributed by atoms with Gasteiger partial charge in [-0.05, 0) is 30.7 Å². The van der Waals surface area contributed by atoms with Crippen LogP contribution in [0.3, 0.4) is 0 Å². The Morgan fingerprint density at radius 1 is 1.15 bits per heavy atom. The first-order valence-electron chi connectivity index (χ1n) is 4.86. The average molecular weight is 168 g/mol. The summed E-state index contributed by atoms with van der Waals surface area (Å²) >= 11 is 0. The molecule has 0 nitrogen and oxygen atoms in total. The molecule has 0 saturated carbocycles. The van der Waals surface area contributed by atoms with Crippen LogP contribution in [0.25, 0.3) is 0 Å². The van der Waals surface area contributed by atoms with Crippen molar-refractivity contribution in [3.8, 4) is 0 Å². The molecule has 1 aromatic carbocycles. The van der Waals surface area contributed by atoms with Gasteiger partial charge in [0.25, 0.3) is 0 Å². The van der Waals surface area contributed by atoms with Gasteiger partial charge in [-0.15, -0.1) is 5.47 Å². The topological polar surface area (TPSA) is 0 Å². The number of benzene rings is 1. The first kappa shape index (κ1) is 8.62. The highest BCUT2D eigenvalue weighted by atomic mass is 14.2. The average Bonchev–Trinajstić information content (AvgIpc) is 2.20. The van der Waals surface area contributed by atoms with E-state index in [1.807, 2.05) is 0 Å². The van der Waals surface area contributed by atoms with E-state index in [-0.39, 0.29) is 0 Å². The molecule has 1 aliphatic carbocycles. The SMILES string of the molecule is [B]C1=CCC(c2ccccc2)CC1. The number of hydrogen-bond donors (Lipinski definition) is 0. The Kier molecular flexibility index (Phi) is 2.53. The molecule has 0 saturated heterocycles. The number of hydrogen-bond acceptors (Lipinski definition) is 0. The van der Waals surface area contributed by atoms with E-state index in [4.69, 9.17) is 7.85 Å². The van der Waals surface area contributed by atoms with Gasteiger partial charge < -0.3 is 0 Å². The number of rotatable bonds is 1. The lowest BCUT2D eigenvalue weighted by Crippen LogP contribution is -2.03. The van der Waals surface area contributed by atoms with Crippen molar-refractivity contribution < 1.29 is 0 Å². The van der Waals surface area contributed by atoms with Crippen molar-refractivity contribution in [3.63, 3.8) is 0 Å². The summed E-state index contributed by atoms with van der Waals surface area (Å²) in [5, 5.41) is 0. The molecule has 1 atom stereocenters. The molecule has 13 heavy (non-hydrogen) atoms. The predicted molar refractivity (Wildman–Crippen MR) is 56.9 cm³/mol. The van der Waals surface area contributed by atoms with Crippen LogP contribution in [-0.4, -0.2) is 7.85 Å². The van der Waals surface area contributed by atoms with Crippen LogP contribution >= 0.6 is 0 Å². The van der Waals surface area contributed by atoms with Gasteiger partial charge in [-0.2, -0.15) is 0 Å². The van der Waals surface area contributed by atoms with Gasteiger partial charge in [0.2, 0.25) is 0 Å². The van der Waals surface area contributed by atoms with Crippen LogP contribution in [-0.2, 0) is 0 Å². The fraction of sp³-hybridized carbons (Fsp3) is 0.333. The normalized spacial score (nSPS) is 22.5. The molecule has 0 N–H and O–H groups in total. The van der Waals surface area contributed by atoms with Gasteiger partial charge in [0.05, 0.1) is 0 Å². The summed E-state index contributed by atoms with van der Waals surface area (Å²) in [6, 6.07) is 10.7. The lowest BCUT2D eigenvalue weighted by molar-refractivity contribution is 0.611. The molecule has 2 rings (SSSR count). The van der Waals surface area contributed by atoms with Gasteiger partial charge in [-0.1, -0.05) is 36.4 Å². The summed E-state index contributed by atoms with van der Waals surface area (Å²) in [5.74, 6) is 0.688. The van der Waals surface area contributed by atoms with E-state index in [9.17, 15) is 0 Å². The first-order valence-corrected chi connectivity index (χ1v) is 4.86. The molecule has 64 valence electrons. The van der Waals surface area contributed by atoms with Crippen molar-refractivity contribution >= 4 is 7.85 Å². The summed E-state index contributed by atoms with van der Waals surface area (Å²) in [5.41, 5.74) is 2.51. The van der Waals surface area contributed by atoms with Gasteiger partial charge in [0.1, 0.15) is 7.85 Å². The zero-order valence-electron chi connectivity index (χ0n) is 7.74. The molecule has 0 spiro atoms. The minimum Gasteiger partial charge on any atom is -0.122 e. The summed E-state index contributed by atoms with van der Waals surface area (Å²) in [7, 11) is 5.74. The van der Waals surface area contributed by atoms with Crippen molar-refractivity contribution in [3.05, 3.63) is 47.4 Å². The Balaban J connectivity index is 2.12. The zero-order valence-corrected chi connectivity index (χ0v) is 7.74. The van der Waals surface area contributed by atoms with E-state index in [2.05, 4.69) is 36.4 Å². The van der Waals surface area contributed by atoms with Crippen molar-refractivity contribution in [2.24, 2.45) is 0 Å². The molecular formula is C12H13B. The maximum atomic E-state index is 5.74. The van der Waals surface area contributed by atoms with E-state index in [0.29, 0.717) is 5.92 Å². The van der Waals surface area contributed by atoms with Gasteiger partial charge in [-0.3, -0.25) is 0 Å². The molecular weight excluding hydrogens is 155 g/mol. The third kappa shape index (κ3) is 2.03. The Labute approximate surface area is 81.1 Å². The van der Waals surface area contributed by atoms with Crippen LogP contribution < -0.4 is 0 Å². The first-order chi connectivity index (χ1) is 6.36. The minimum atomic E-state index is 0.688. The van der Waals surface area contributed by atoms with Crippen LogP contribution in [0.1, 0.15) is 30.7 Å². The van der Waals surface area contributed by atoms with E-state index in [1.54, 1.807) is 0 Å². The highest BCUT2D eigenvalue weighted by molar-refractivity contribution is 6.21. The lowest BCUT2D eigenvalue weighted by atomic mass is 9.78. The Morgan fingerprint density at radius 2 is 1.92 bits per heavy atom. The van der Waals surface area contributed by atoms with Crippen LogP contribution in [0.2, 0.25) is 0 Å². The van der Waals surface area contributed by atoms with Crippen LogP contribution in [0.4, 0.5) is 0 Å². The second kappa shape index (κ2) is 3.82. The maximum Gasteiger partial charge on any atom is 0.107 e. The summed E-state index contributed by atoms with van der Waals surface area (Å²) in [4.78, 5) is 0. The highest BCUT2D eigenvalue weighted by Crippen LogP contribution is 2.30. The highest BCUT2D eigenvalue weighted by Gasteiger charge is 2.13. The molecule has 1 aliphatic rings. The predicted octanol–water partition coefficient (Wildman–Crippen LogP) is 3.01. The zero-order chi connectivity index (χ0) is 9.10. The fourth-order valence-corrected chi connectivity index (χ4v) is 1.88. The molecule has 0 aliphatic heterocycles. The molecule has 1 unspecified atom stereocenters. The fourth-order valence-electron chi connectivity index (χ4n) is 1.88. The van der Waals surface area contributed by atoms with E-state index >= 15 is 0 Å². The standard InChI is InChI=1S/C12H13B/c13-12-8-6-11(7-9-12)10-4-2-1-3-5-10/h1-5,8,11H,6-7,9H2. The molecule has 0 fully saturated rings. The van der Waals surface area contributed by atoms with Crippen molar-refractivity contribution in [2.45, 2.75) is 25.2 Å². The second-order valence-electron chi connectivity index (χ2n) is 3.66. The lowest BCUT2D eigenvalue weighted by Gasteiger charge is -2.20. The summed E-state index contributed by atoms with van der Waals surface area (Å²) < 4.78 is 0. The van der Waals surface area contributed by atoms with E-state index < -0.39 is 0 Å². The van der Waals surface area contributed by atoms with Crippen LogP contribution in [0.15, 0.2) is 41.9 Å². The Hall–Kier alpha value is -0.975. The smallest absolute Gasteiger partial charge is 0.107 e. The quantitative estimate of drug-likeness (QED) is 0.565. The van der Waals surface area contributed by atoms with Gasteiger partial charge in [-0.25, -0.2) is 0 Å². The third-order valence-electron chi connectivity index (χ3n) is 2.72. The molecule has 0 bridgehead atoms. The Bertz CT molecular complexity index is 300. The van der Waals surface area contributed by atoms with E-state index in [0.717, 1.165) is 18.3 Å². The molecule has 0 aromatic heterocycles. The molecule has 1 aromatic rings. The van der Waals surface area contributed by atoms with E-state index in [1.165, 1.54) is 12.0 Å². The van der Waals surface area contributed by atoms with Gasteiger partial charge >= 0.3 is 0 Å². The third-order valence-corrected chi connectivity index (χ3v) is 2.72. The van der Waals surface area contributed by atoms with Crippen molar-refractivity contribution in [2.75, 3.05) is 0 Å². The largest absolute Gasteiger partial charge is 0.122 e. The molecule has 0 amide bonds. The maximum absolute atomic E-state index is 5.74. The summed E-state index contributed by atoms with van der Waals surface area (Å²) in [6.45, 7) is 0. The van der Waals surface area contributed by atoms with Crippen LogP contribution in [0, 0.1) is 0 Å². The van der Waals surface area contributed by atoms with Crippen molar-refractivity contribution in [1.29, 1.82) is 0 Å². The summed E-state index contributed by atoms with van der Waals surface area (Å²) in [6.07, 6.45) is 5.53. The van der Waals surface area contributed by atoms with Crippen LogP contribution in [0.5, 0.6) is 0 Å². The molecule has 1 heteroatoms.